The van der Waals surface area contributed by atoms with Gasteiger partial charge in [-0.1, -0.05) is 31.2 Å². The van der Waals surface area contributed by atoms with Crippen molar-refractivity contribution in [1.29, 1.82) is 0 Å². The molecule has 0 amide bonds. The van der Waals surface area contributed by atoms with Crippen molar-refractivity contribution in [3.8, 4) is 10.6 Å². The van der Waals surface area contributed by atoms with Gasteiger partial charge >= 0.3 is 5.97 Å². The highest BCUT2D eigenvalue weighted by Gasteiger charge is 2.16. The van der Waals surface area contributed by atoms with Gasteiger partial charge in [-0.15, -0.1) is 11.3 Å². The average molecular weight is 247 g/mol. The Balaban J connectivity index is 2.53. The number of carboxylic acids is 1. The molecule has 2 rings (SSSR count). The fraction of sp³-hybridized carbons (Fsp3) is 0.231. The van der Waals surface area contributed by atoms with Gasteiger partial charge in [-0.05, 0) is 18.9 Å². The molecule has 0 atom stereocenters. The third-order valence-electron chi connectivity index (χ3n) is 2.62. The van der Waals surface area contributed by atoms with Gasteiger partial charge in [0.05, 0.1) is 5.69 Å². The summed E-state index contributed by atoms with van der Waals surface area (Å²) in [7, 11) is 0. The largest absolute Gasteiger partial charge is 0.477 e. The SMILES string of the molecule is CCc1ccccc1-c1nc(C)c(C(=O)O)s1. The van der Waals surface area contributed by atoms with Gasteiger partial charge in [0.25, 0.3) is 0 Å². The highest BCUT2D eigenvalue weighted by atomic mass is 32.1. The normalized spacial score (nSPS) is 10.5. The second kappa shape index (κ2) is 4.67. The van der Waals surface area contributed by atoms with Crippen LogP contribution in [0.4, 0.5) is 0 Å². The Morgan fingerprint density at radius 1 is 1.41 bits per heavy atom. The zero-order valence-corrected chi connectivity index (χ0v) is 10.5. The monoisotopic (exact) mass is 247 g/mol. The van der Waals surface area contributed by atoms with Crippen LogP contribution in [0.2, 0.25) is 0 Å². The standard InChI is InChI=1S/C13H13NO2S/c1-3-9-6-4-5-7-10(9)12-14-8(2)11(17-12)13(15)16/h4-7H,3H2,1-2H3,(H,15,16). The van der Waals surface area contributed by atoms with Gasteiger partial charge in [0.2, 0.25) is 0 Å². The van der Waals surface area contributed by atoms with Crippen LogP contribution in [0.25, 0.3) is 10.6 Å². The zero-order valence-electron chi connectivity index (χ0n) is 9.73. The molecule has 0 fully saturated rings. The maximum atomic E-state index is 11.0. The number of hydrogen-bond acceptors (Lipinski definition) is 3. The number of carbonyl (C=O) groups is 1. The molecule has 0 spiro atoms. The van der Waals surface area contributed by atoms with Crippen LogP contribution in [0.3, 0.4) is 0 Å². The van der Waals surface area contributed by atoms with Crippen LogP contribution in [-0.4, -0.2) is 16.1 Å². The van der Waals surface area contributed by atoms with Crippen molar-refractivity contribution in [3.05, 3.63) is 40.4 Å². The van der Waals surface area contributed by atoms with Crippen LogP contribution in [0, 0.1) is 6.92 Å². The van der Waals surface area contributed by atoms with Gasteiger partial charge < -0.3 is 5.11 Å². The molecule has 17 heavy (non-hydrogen) atoms. The van der Waals surface area contributed by atoms with Gasteiger partial charge in [-0.2, -0.15) is 0 Å². The minimum absolute atomic E-state index is 0.325. The zero-order chi connectivity index (χ0) is 12.4. The predicted molar refractivity (Wildman–Crippen MR) is 68.6 cm³/mol. The molecule has 0 radical (unpaired) electrons. The fourth-order valence-corrected chi connectivity index (χ4v) is 2.71. The molecule has 0 aliphatic carbocycles. The van der Waals surface area contributed by atoms with Crippen molar-refractivity contribution in [2.75, 3.05) is 0 Å². The van der Waals surface area contributed by atoms with E-state index < -0.39 is 5.97 Å². The van der Waals surface area contributed by atoms with Crippen LogP contribution in [0.5, 0.6) is 0 Å². The second-order valence-corrected chi connectivity index (χ2v) is 4.75. The quantitative estimate of drug-likeness (QED) is 0.904. The highest BCUT2D eigenvalue weighted by molar-refractivity contribution is 7.17. The summed E-state index contributed by atoms with van der Waals surface area (Å²) >= 11 is 1.24. The van der Waals surface area contributed by atoms with Gasteiger partial charge in [0.1, 0.15) is 9.88 Å². The van der Waals surface area contributed by atoms with E-state index in [0.717, 1.165) is 17.0 Å². The van der Waals surface area contributed by atoms with Crippen LogP contribution in [0.1, 0.15) is 27.9 Å². The summed E-state index contributed by atoms with van der Waals surface area (Å²) in [5.41, 5.74) is 2.82. The number of aromatic carboxylic acids is 1. The summed E-state index contributed by atoms with van der Waals surface area (Å²) in [6.45, 7) is 3.81. The first kappa shape index (κ1) is 11.8. The number of carboxylic acid groups (broad SMARTS) is 1. The van der Waals surface area contributed by atoms with Gasteiger partial charge in [-0.3, -0.25) is 0 Å². The predicted octanol–water partition coefficient (Wildman–Crippen LogP) is 3.38. The lowest BCUT2D eigenvalue weighted by Crippen LogP contribution is -1.94. The molecule has 0 aliphatic heterocycles. The average Bonchev–Trinajstić information content (AvgIpc) is 2.71. The van der Waals surface area contributed by atoms with E-state index in [1.807, 2.05) is 24.3 Å². The van der Waals surface area contributed by atoms with Crippen LogP contribution < -0.4 is 0 Å². The molecule has 1 aromatic carbocycles. The van der Waals surface area contributed by atoms with Crippen molar-refractivity contribution in [3.63, 3.8) is 0 Å². The van der Waals surface area contributed by atoms with Crippen molar-refractivity contribution in [2.24, 2.45) is 0 Å². The fourth-order valence-electron chi connectivity index (χ4n) is 1.75. The summed E-state index contributed by atoms with van der Waals surface area (Å²) in [6.07, 6.45) is 0.914. The molecule has 1 N–H and O–H groups in total. The molecule has 0 saturated carbocycles. The minimum atomic E-state index is -0.903. The lowest BCUT2D eigenvalue weighted by molar-refractivity contribution is 0.0701. The van der Waals surface area contributed by atoms with E-state index in [2.05, 4.69) is 11.9 Å². The van der Waals surface area contributed by atoms with Gasteiger partial charge in [0.15, 0.2) is 0 Å². The Hall–Kier alpha value is -1.68. The van der Waals surface area contributed by atoms with Crippen molar-refractivity contribution < 1.29 is 9.90 Å². The smallest absolute Gasteiger partial charge is 0.347 e. The molecular formula is C13H13NO2S. The molecule has 1 heterocycles. The number of aromatic nitrogens is 1. The molecule has 2 aromatic rings. The molecule has 4 heteroatoms. The summed E-state index contributed by atoms with van der Waals surface area (Å²) < 4.78 is 0. The number of nitrogens with zero attached hydrogens (tertiary/aromatic N) is 1. The maximum Gasteiger partial charge on any atom is 0.347 e. The van der Waals surface area contributed by atoms with Crippen molar-refractivity contribution >= 4 is 17.3 Å². The Bertz CT molecular complexity index is 560. The van der Waals surface area contributed by atoms with Crippen LogP contribution in [0.15, 0.2) is 24.3 Å². The van der Waals surface area contributed by atoms with Gasteiger partial charge in [0, 0.05) is 5.56 Å². The number of benzene rings is 1. The topological polar surface area (TPSA) is 50.2 Å². The van der Waals surface area contributed by atoms with E-state index in [-0.39, 0.29) is 0 Å². The molecule has 3 nitrogen and oxygen atoms in total. The summed E-state index contributed by atoms with van der Waals surface area (Å²) in [4.78, 5) is 15.7. The van der Waals surface area contributed by atoms with Crippen LogP contribution >= 0.6 is 11.3 Å². The summed E-state index contributed by atoms with van der Waals surface area (Å²) in [6, 6.07) is 7.97. The first-order valence-corrected chi connectivity index (χ1v) is 6.24. The van der Waals surface area contributed by atoms with E-state index in [4.69, 9.17) is 5.11 Å². The molecular weight excluding hydrogens is 234 g/mol. The molecule has 1 aromatic heterocycles. The number of rotatable bonds is 3. The van der Waals surface area contributed by atoms with E-state index in [1.54, 1.807) is 6.92 Å². The third kappa shape index (κ3) is 2.22. The molecule has 0 saturated heterocycles. The second-order valence-electron chi connectivity index (χ2n) is 3.75. The lowest BCUT2D eigenvalue weighted by Gasteiger charge is -2.03. The van der Waals surface area contributed by atoms with E-state index in [1.165, 1.54) is 16.9 Å². The molecule has 0 bridgehead atoms. The molecule has 88 valence electrons. The minimum Gasteiger partial charge on any atom is -0.477 e. The Morgan fingerprint density at radius 3 is 2.71 bits per heavy atom. The number of aryl methyl sites for hydroxylation is 2. The number of hydrogen-bond donors (Lipinski definition) is 1. The third-order valence-corrected chi connectivity index (χ3v) is 3.80. The number of thiazole rings is 1. The van der Waals surface area contributed by atoms with Crippen molar-refractivity contribution in [1.82, 2.24) is 4.98 Å². The Labute approximate surface area is 104 Å². The lowest BCUT2D eigenvalue weighted by atomic mass is 10.1. The van der Waals surface area contributed by atoms with Crippen molar-refractivity contribution in [2.45, 2.75) is 20.3 Å². The van der Waals surface area contributed by atoms with Gasteiger partial charge in [-0.25, -0.2) is 9.78 Å². The van der Waals surface area contributed by atoms with Crippen LogP contribution in [-0.2, 0) is 6.42 Å². The molecule has 0 aliphatic rings. The maximum absolute atomic E-state index is 11.0. The highest BCUT2D eigenvalue weighted by Crippen LogP contribution is 2.30. The summed E-state index contributed by atoms with van der Waals surface area (Å²) in [5.74, 6) is -0.903. The van der Waals surface area contributed by atoms with E-state index >= 15 is 0 Å². The van der Waals surface area contributed by atoms with E-state index in [9.17, 15) is 4.79 Å². The van der Waals surface area contributed by atoms with E-state index in [0.29, 0.717) is 10.6 Å². The first-order chi connectivity index (χ1) is 8.13. The Morgan fingerprint density at radius 2 is 2.12 bits per heavy atom. The molecule has 0 unspecified atom stereocenters. The first-order valence-electron chi connectivity index (χ1n) is 5.42. The Kier molecular flexibility index (Phi) is 3.24. The summed E-state index contributed by atoms with van der Waals surface area (Å²) in [5, 5.41) is 9.81.